The molecule has 0 aromatic heterocycles. The molecule has 0 radical (unpaired) electrons. The van der Waals surface area contributed by atoms with Crippen LogP contribution in [0.5, 0.6) is 0 Å². The molecule has 23 heteroatoms. The van der Waals surface area contributed by atoms with Gasteiger partial charge in [0, 0.05) is 46.8 Å². The van der Waals surface area contributed by atoms with Crippen LogP contribution in [0.1, 0.15) is 45.7 Å². The first-order valence-corrected chi connectivity index (χ1v) is 17.7. The number of aliphatic carboxylic acids is 1. The number of aliphatic hydroxyl groups excluding tert-OH is 2. The number of primary amides is 1. The molecular weight excluding hydrogens is 843 g/mol. The van der Waals surface area contributed by atoms with Crippen molar-refractivity contribution in [3.63, 3.8) is 0 Å². The van der Waals surface area contributed by atoms with Gasteiger partial charge in [0.2, 0.25) is 17.3 Å². The van der Waals surface area contributed by atoms with E-state index in [-0.39, 0.29) is 44.4 Å². The zero-order valence-corrected chi connectivity index (χ0v) is 34.2. The molecule has 0 saturated carbocycles. The highest BCUT2D eigenvalue weighted by Gasteiger charge is 2.26. The van der Waals surface area contributed by atoms with Gasteiger partial charge in [-0.2, -0.15) is 0 Å². The van der Waals surface area contributed by atoms with Crippen LogP contribution in [-0.2, 0) is 9.59 Å². The number of aliphatic hydroxyl groups is 2. The van der Waals surface area contributed by atoms with Gasteiger partial charge in [0.25, 0.3) is 23.2 Å². The van der Waals surface area contributed by atoms with Gasteiger partial charge < -0.3 is 37.8 Å². The molecule has 0 unspecified atom stereocenters. The normalized spacial score (nSPS) is 11.8. The minimum absolute atomic E-state index is 0. The minimum atomic E-state index is -1.16. The van der Waals surface area contributed by atoms with Gasteiger partial charge in [-0.15, -0.1) is 0 Å². The quantitative estimate of drug-likeness (QED) is 0.0446. The number of non-ortho nitro benzene ring substituents is 2. The molecule has 0 bridgehead atoms. The Labute approximate surface area is 358 Å². The summed E-state index contributed by atoms with van der Waals surface area (Å²) >= 11 is 12.1. The Morgan fingerprint density at radius 1 is 0.689 bits per heavy atom. The molecular formula is C38H40Cl2N10O11. The summed E-state index contributed by atoms with van der Waals surface area (Å²) in [6.45, 7) is 20.1. The fourth-order valence-electron chi connectivity index (χ4n) is 4.71. The van der Waals surface area contributed by atoms with Gasteiger partial charge in [0.15, 0.2) is 6.04 Å². The summed E-state index contributed by atoms with van der Waals surface area (Å²) in [6.07, 6.45) is -2.19. The molecule has 4 aromatic carbocycles. The van der Waals surface area contributed by atoms with Crippen LogP contribution >= 0.6 is 23.2 Å². The van der Waals surface area contributed by atoms with Crippen LogP contribution in [0.15, 0.2) is 72.8 Å². The summed E-state index contributed by atoms with van der Waals surface area (Å²) in [4.78, 5) is 72.3. The predicted octanol–water partition coefficient (Wildman–Crippen LogP) is 6.03. The summed E-state index contributed by atoms with van der Waals surface area (Å²) in [7, 11) is 0. The van der Waals surface area contributed by atoms with Crippen molar-refractivity contribution in [2.45, 2.75) is 52.0 Å². The highest BCUT2D eigenvalue weighted by Crippen LogP contribution is 2.34. The lowest BCUT2D eigenvalue weighted by molar-refractivity contribution is -0.385. The molecule has 0 aliphatic heterocycles. The minimum Gasteiger partial charge on any atom is -0.480 e. The maximum Gasteiger partial charge on any atom is 0.328 e. The van der Waals surface area contributed by atoms with Gasteiger partial charge in [-0.05, 0) is 75.2 Å². The summed E-state index contributed by atoms with van der Waals surface area (Å²) in [6, 6.07) is 13.8. The predicted molar refractivity (Wildman–Crippen MR) is 226 cm³/mol. The number of carboxylic acids is 1. The Kier molecular flexibility index (Phi) is 20.2. The van der Waals surface area contributed by atoms with E-state index in [0.29, 0.717) is 28.2 Å². The Morgan fingerprint density at radius 3 is 1.39 bits per heavy atom. The van der Waals surface area contributed by atoms with Gasteiger partial charge >= 0.3 is 5.97 Å². The number of halogens is 2. The van der Waals surface area contributed by atoms with E-state index < -0.39 is 57.8 Å². The smallest absolute Gasteiger partial charge is 0.328 e. The molecule has 0 aliphatic rings. The third-order valence-corrected chi connectivity index (χ3v) is 9.06. The molecule has 21 nitrogen and oxygen atoms in total. The highest BCUT2D eigenvalue weighted by atomic mass is 35.5. The monoisotopic (exact) mass is 882 g/mol. The van der Waals surface area contributed by atoms with Crippen molar-refractivity contribution < 1.29 is 44.3 Å². The van der Waals surface area contributed by atoms with Crippen LogP contribution in [0.3, 0.4) is 0 Å². The lowest BCUT2D eigenvalue weighted by atomic mass is 10.1. The van der Waals surface area contributed by atoms with Gasteiger partial charge in [-0.1, -0.05) is 35.3 Å². The van der Waals surface area contributed by atoms with E-state index in [1.165, 1.54) is 62.4 Å². The van der Waals surface area contributed by atoms with Crippen LogP contribution in [0.4, 0.5) is 34.1 Å². The number of hydrogen-bond donors (Lipinski definition) is 9. The zero-order chi connectivity index (χ0) is 45.4. The first-order valence-electron chi connectivity index (χ1n) is 17.0. The van der Waals surface area contributed by atoms with E-state index in [1.54, 1.807) is 26.0 Å². The zero-order valence-electron chi connectivity index (χ0n) is 32.7. The lowest BCUT2D eigenvalue weighted by Crippen LogP contribution is -2.52. The number of amides is 3. The Bertz CT molecular complexity index is 2300. The van der Waals surface area contributed by atoms with Gasteiger partial charge in [-0.3, -0.25) is 45.5 Å². The second-order valence-corrected chi connectivity index (χ2v) is 13.1. The van der Waals surface area contributed by atoms with Crippen molar-refractivity contribution in [2.75, 3.05) is 10.6 Å². The maximum atomic E-state index is 12.5. The fraction of sp³-hybridized carbons (Fsp3) is 0.211. The van der Waals surface area contributed by atoms with Crippen LogP contribution < -0.4 is 33.4 Å². The molecule has 61 heavy (non-hydrogen) atoms. The number of carboxylic acid groups (broad SMARTS) is 1. The molecule has 0 heterocycles. The number of rotatable bonds is 12. The van der Waals surface area contributed by atoms with Crippen molar-refractivity contribution in [1.29, 1.82) is 0 Å². The summed E-state index contributed by atoms with van der Waals surface area (Å²) in [5.74, 6) is -3.17. The molecule has 0 fully saturated rings. The topological polar surface area (TPSA) is 333 Å². The van der Waals surface area contributed by atoms with Gasteiger partial charge in [-0.25, -0.2) is 14.5 Å². The SMILES string of the molecule is N.NC(=O)c1ccc([N+](=O)[O-])cc1.[C-]#[N+]c1ccc(N[C@@H](C(=O)NNC(=O)c2ccc([N+](=O)[O-])cc2)[C@H](C)O)c(C)c1Cl.[C-]#[N+]c1ccc(N[C@@H](C(=O)O)[C@H](C)O)c(C)c1Cl. The Morgan fingerprint density at radius 2 is 1.07 bits per heavy atom. The fourth-order valence-corrected chi connectivity index (χ4v) is 5.12. The Hall–Kier alpha value is -7.40. The van der Waals surface area contributed by atoms with E-state index in [0.717, 1.165) is 12.1 Å². The van der Waals surface area contributed by atoms with E-state index in [9.17, 15) is 49.6 Å². The summed E-state index contributed by atoms with van der Waals surface area (Å²) < 4.78 is 0. The Balaban J connectivity index is 0.000000507. The van der Waals surface area contributed by atoms with Crippen LogP contribution in [0.2, 0.25) is 10.0 Å². The van der Waals surface area contributed by atoms with Gasteiger partial charge in [0.1, 0.15) is 6.04 Å². The number of hydrogen-bond acceptors (Lipinski definition) is 13. The van der Waals surface area contributed by atoms with Gasteiger partial charge in [0.05, 0.1) is 45.2 Å². The third kappa shape index (κ3) is 14.7. The van der Waals surface area contributed by atoms with Crippen molar-refractivity contribution >= 4 is 81.0 Å². The lowest BCUT2D eigenvalue weighted by Gasteiger charge is -2.23. The van der Waals surface area contributed by atoms with Crippen LogP contribution in [0, 0.1) is 47.2 Å². The molecule has 322 valence electrons. The van der Waals surface area contributed by atoms with E-state index in [4.69, 9.17) is 47.2 Å². The molecule has 3 amide bonds. The molecule has 0 aliphatic carbocycles. The number of anilines is 2. The molecule has 0 spiro atoms. The van der Waals surface area contributed by atoms with Crippen molar-refractivity contribution in [3.05, 3.63) is 148 Å². The molecule has 12 N–H and O–H groups in total. The third-order valence-electron chi connectivity index (χ3n) is 8.11. The number of nitro groups is 2. The van der Waals surface area contributed by atoms with E-state index in [1.807, 2.05) is 0 Å². The van der Waals surface area contributed by atoms with Crippen molar-refractivity contribution in [1.82, 2.24) is 17.0 Å². The first kappa shape index (κ1) is 51.6. The number of carbonyl (C=O) groups excluding carboxylic acids is 3. The average Bonchev–Trinajstić information content (AvgIpc) is 3.21. The number of nitro benzene ring substituents is 2. The van der Waals surface area contributed by atoms with Crippen LogP contribution in [0.25, 0.3) is 9.69 Å². The highest BCUT2D eigenvalue weighted by molar-refractivity contribution is 6.35. The maximum absolute atomic E-state index is 12.5. The summed E-state index contributed by atoms with van der Waals surface area (Å²) in [5.41, 5.74) is 12.1. The number of nitrogens with one attached hydrogen (secondary N) is 4. The number of hydrazine groups is 1. The van der Waals surface area contributed by atoms with E-state index in [2.05, 4.69) is 31.2 Å². The second kappa shape index (κ2) is 23.9. The van der Waals surface area contributed by atoms with E-state index >= 15 is 0 Å². The molecule has 4 rings (SSSR count). The second-order valence-electron chi connectivity index (χ2n) is 12.3. The summed E-state index contributed by atoms with van der Waals surface area (Å²) in [5, 5.41) is 55.2. The number of nitrogens with zero attached hydrogens (tertiary/aromatic N) is 4. The standard InChI is InChI=1S/C19H18ClN5O5.C12H13ClN2O3.C7H6N2O3.H3N/c1-10-14(8-9-15(21-3)16(10)20)22-17(11(2)26)19(28)24-23-18(27)12-4-6-13(7-5-12)25(29)30;1-6-8(4-5-9(14-3)10(6)13)15-11(7(2)16)12(17)18;8-7(10)5-1-3-6(4-2-5)9(11)12;/h4-9,11,17,22,26H,1-2H3,(H,23,27)(H,24,28);4-5,7,11,15-16H,1-2H3,(H,17,18);1-4H,(H2,8,10);1H3/t11-,17+;7-,11+;;/m00../s1. The van der Waals surface area contributed by atoms with Crippen molar-refractivity contribution in [2.24, 2.45) is 5.73 Å². The first-order chi connectivity index (χ1) is 28.1. The molecule has 0 saturated heterocycles. The van der Waals surface area contributed by atoms with Crippen molar-refractivity contribution in [3.8, 4) is 0 Å². The number of benzene rings is 4. The average molecular weight is 884 g/mol. The number of carbonyl (C=O) groups is 4. The number of nitrogens with two attached hydrogens (primary N) is 1. The largest absolute Gasteiger partial charge is 0.480 e. The molecule has 4 aromatic rings. The molecule has 4 atom stereocenters. The van der Waals surface area contributed by atoms with Crippen LogP contribution in [-0.4, -0.2) is 73.1 Å².